The fraction of sp³-hybridized carbons (Fsp3) is 0.0769. The number of ether oxygens (including phenoxy) is 1. The Morgan fingerprint density at radius 2 is 2.17 bits per heavy atom. The van der Waals surface area contributed by atoms with Crippen molar-refractivity contribution in [1.82, 2.24) is 4.98 Å². The van der Waals surface area contributed by atoms with Gasteiger partial charge in [0.15, 0.2) is 0 Å². The summed E-state index contributed by atoms with van der Waals surface area (Å²) in [7, 11) is 0. The molecular formula is C13H10BrN3O. The van der Waals surface area contributed by atoms with Gasteiger partial charge in [0, 0.05) is 11.9 Å². The fourth-order valence-corrected chi connectivity index (χ4v) is 1.80. The summed E-state index contributed by atoms with van der Waals surface area (Å²) in [6.45, 7) is 1.83. The Labute approximate surface area is 113 Å². The number of rotatable bonds is 2. The SMILES string of the molecule is Cc1ccnc(Oc2cccc(N)c2Br)c1C#N. The summed E-state index contributed by atoms with van der Waals surface area (Å²) < 4.78 is 6.28. The van der Waals surface area contributed by atoms with Gasteiger partial charge in [-0.3, -0.25) is 0 Å². The van der Waals surface area contributed by atoms with Crippen LogP contribution in [0.3, 0.4) is 0 Å². The van der Waals surface area contributed by atoms with E-state index in [1.54, 1.807) is 30.5 Å². The molecule has 18 heavy (non-hydrogen) atoms. The monoisotopic (exact) mass is 303 g/mol. The van der Waals surface area contributed by atoms with Gasteiger partial charge in [0.25, 0.3) is 0 Å². The van der Waals surface area contributed by atoms with Crippen LogP contribution in [0.4, 0.5) is 5.69 Å². The lowest BCUT2D eigenvalue weighted by Crippen LogP contribution is -1.96. The first kappa shape index (κ1) is 12.4. The third-order valence-corrected chi connectivity index (χ3v) is 3.28. The Bertz CT molecular complexity index is 635. The lowest BCUT2D eigenvalue weighted by Gasteiger charge is -2.10. The van der Waals surface area contributed by atoms with Crippen LogP contribution in [0.25, 0.3) is 0 Å². The van der Waals surface area contributed by atoms with E-state index < -0.39 is 0 Å². The highest BCUT2D eigenvalue weighted by Gasteiger charge is 2.11. The largest absolute Gasteiger partial charge is 0.436 e. The van der Waals surface area contributed by atoms with Gasteiger partial charge in [-0.1, -0.05) is 6.07 Å². The number of nitrogens with zero attached hydrogens (tertiary/aromatic N) is 2. The van der Waals surface area contributed by atoms with Gasteiger partial charge in [-0.15, -0.1) is 0 Å². The molecule has 1 heterocycles. The third-order valence-electron chi connectivity index (χ3n) is 2.44. The van der Waals surface area contributed by atoms with Crippen molar-refractivity contribution in [1.29, 1.82) is 5.26 Å². The maximum Gasteiger partial charge on any atom is 0.237 e. The van der Waals surface area contributed by atoms with Crippen LogP contribution in [0, 0.1) is 18.3 Å². The number of aryl methyl sites for hydroxylation is 1. The predicted molar refractivity (Wildman–Crippen MR) is 72.3 cm³/mol. The number of halogens is 1. The Morgan fingerprint density at radius 3 is 2.89 bits per heavy atom. The molecule has 0 spiro atoms. The number of nitriles is 1. The maximum atomic E-state index is 9.09. The average Bonchev–Trinajstić information content (AvgIpc) is 2.35. The molecule has 1 aromatic carbocycles. The third kappa shape index (κ3) is 2.29. The van der Waals surface area contributed by atoms with Gasteiger partial charge in [0.2, 0.25) is 5.88 Å². The summed E-state index contributed by atoms with van der Waals surface area (Å²) in [5.74, 6) is 0.813. The zero-order valence-corrected chi connectivity index (χ0v) is 11.2. The van der Waals surface area contributed by atoms with Crippen LogP contribution in [0.5, 0.6) is 11.6 Å². The van der Waals surface area contributed by atoms with E-state index in [1.165, 1.54) is 0 Å². The summed E-state index contributed by atoms with van der Waals surface area (Å²) in [6, 6.07) is 9.13. The number of pyridine rings is 1. The van der Waals surface area contributed by atoms with Gasteiger partial charge < -0.3 is 10.5 Å². The van der Waals surface area contributed by atoms with Crippen LogP contribution >= 0.6 is 15.9 Å². The maximum absolute atomic E-state index is 9.09. The first-order chi connectivity index (χ1) is 8.63. The number of hydrogen-bond acceptors (Lipinski definition) is 4. The van der Waals surface area contributed by atoms with E-state index in [9.17, 15) is 0 Å². The Kier molecular flexibility index (Phi) is 3.49. The molecule has 0 aliphatic carbocycles. The highest BCUT2D eigenvalue weighted by atomic mass is 79.9. The lowest BCUT2D eigenvalue weighted by atomic mass is 10.2. The topological polar surface area (TPSA) is 71.9 Å². The van der Waals surface area contributed by atoms with Gasteiger partial charge in [0.05, 0.1) is 4.47 Å². The molecule has 0 amide bonds. The molecule has 0 unspecified atom stereocenters. The van der Waals surface area contributed by atoms with E-state index in [0.29, 0.717) is 21.5 Å². The average molecular weight is 304 g/mol. The summed E-state index contributed by atoms with van der Waals surface area (Å²) in [5.41, 5.74) is 7.58. The minimum atomic E-state index is 0.281. The molecule has 4 nitrogen and oxygen atoms in total. The van der Waals surface area contributed by atoms with Crippen LogP contribution in [0.1, 0.15) is 11.1 Å². The summed E-state index contributed by atoms with van der Waals surface area (Å²) >= 11 is 3.34. The van der Waals surface area contributed by atoms with E-state index in [0.717, 1.165) is 5.56 Å². The molecule has 1 aromatic heterocycles. The van der Waals surface area contributed by atoms with Crippen molar-refractivity contribution in [3.8, 4) is 17.7 Å². The fourth-order valence-electron chi connectivity index (χ4n) is 1.46. The van der Waals surface area contributed by atoms with Crippen LogP contribution < -0.4 is 10.5 Å². The molecule has 0 saturated carbocycles. The van der Waals surface area contributed by atoms with Crippen molar-refractivity contribution in [3.63, 3.8) is 0 Å². The number of hydrogen-bond donors (Lipinski definition) is 1. The summed E-state index contributed by atoms with van der Waals surface area (Å²) in [4.78, 5) is 4.07. The van der Waals surface area contributed by atoms with Crippen molar-refractivity contribution < 1.29 is 4.74 Å². The highest BCUT2D eigenvalue weighted by Crippen LogP contribution is 2.34. The molecule has 2 aromatic rings. The second-order valence-electron chi connectivity index (χ2n) is 3.68. The lowest BCUT2D eigenvalue weighted by molar-refractivity contribution is 0.458. The molecule has 0 saturated heterocycles. The van der Waals surface area contributed by atoms with Gasteiger partial charge in [0.1, 0.15) is 17.4 Å². The molecule has 5 heteroatoms. The van der Waals surface area contributed by atoms with Gasteiger partial charge in [-0.05, 0) is 46.6 Å². The first-order valence-electron chi connectivity index (χ1n) is 5.21. The zero-order valence-electron chi connectivity index (χ0n) is 9.64. The van der Waals surface area contributed by atoms with Crippen molar-refractivity contribution in [2.75, 3.05) is 5.73 Å². The molecule has 0 radical (unpaired) electrons. The van der Waals surface area contributed by atoms with Gasteiger partial charge in [-0.2, -0.15) is 5.26 Å². The molecule has 0 atom stereocenters. The normalized spacial score (nSPS) is 9.83. The highest BCUT2D eigenvalue weighted by molar-refractivity contribution is 9.10. The van der Waals surface area contributed by atoms with Gasteiger partial charge in [-0.25, -0.2) is 4.98 Å². The molecule has 90 valence electrons. The number of nitrogens with two attached hydrogens (primary N) is 1. The number of nitrogen functional groups attached to an aromatic ring is 1. The van der Waals surface area contributed by atoms with Crippen molar-refractivity contribution in [2.45, 2.75) is 6.92 Å². The van der Waals surface area contributed by atoms with E-state index >= 15 is 0 Å². The molecule has 2 rings (SSSR count). The van der Waals surface area contributed by atoms with E-state index in [1.807, 2.05) is 6.92 Å². The Morgan fingerprint density at radius 1 is 1.39 bits per heavy atom. The second-order valence-corrected chi connectivity index (χ2v) is 4.47. The Hall–Kier alpha value is -2.06. The predicted octanol–water partition coefficient (Wildman–Crippen LogP) is 3.40. The molecule has 0 aliphatic heterocycles. The molecule has 0 aliphatic rings. The van der Waals surface area contributed by atoms with Crippen LogP contribution in [-0.2, 0) is 0 Å². The summed E-state index contributed by atoms with van der Waals surface area (Å²) in [6.07, 6.45) is 1.60. The minimum Gasteiger partial charge on any atom is -0.436 e. The number of benzene rings is 1. The standard InChI is InChI=1S/C13H10BrN3O/c1-8-5-6-17-13(9(8)7-15)18-11-4-2-3-10(16)12(11)14/h2-6H,16H2,1H3. The van der Waals surface area contributed by atoms with Crippen LogP contribution in [-0.4, -0.2) is 4.98 Å². The number of aromatic nitrogens is 1. The van der Waals surface area contributed by atoms with Crippen molar-refractivity contribution in [3.05, 3.63) is 46.1 Å². The smallest absolute Gasteiger partial charge is 0.237 e. The zero-order chi connectivity index (χ0) is 13.1. The summed E-state index contributed by atoms with van der Waals surface area (Å²) in [5, 5.41) is 9.09. The minimum absolute atomic E-state index is 0.281. The van der Waals surface area contributed by atoms with Crippen molar-refractivity contribution >= 4 is 21.6 Å². The molecule has 0 bridgehead atoms. The molecule has 2 N–H and O–H groups in total. The van der Waals surface area contributed by atoms with E-state index in [-0.39, 0.29) is 5.88 Å². The quantitative estimate of drug-likeness (QED) is 0.863. The second kappa shape index (κ2) is 5.07. The Balaban J connectivity index is 2.44. The number of anilines is 1. The van der Waals surface area contributed by atoms with E-state index in [2.05, 4.69) is 27.0 Å². The van der Waals surface area contributed by atoms with Gasteiger partial charge >= 0.3 is 0 Å². The van der Waals surface area contributed by atoms with Crippen LogP contribution in [0.2, 0.25) is 0 Å². The molecular weight excluding hydrogens is 294 g/mol. The van der Waals surface area contributed by atoms with Crippen molar-refractivity contribution in [2.24, 2.45) is 0 Å². The van der Waals surface area contributed by atoms with E-state index in [4.69, 9.17) is 15.7 Å². The molecule has 0 fully saturated rings. The first-order valence-corrected chi connectivity index (χ1v) is 6.00. The van der Waals surface area contributed by atoms with Crippen LogP contribution in [0.15, 0.2) is 34.9 Å².